The first-order valence-corrected chi connectivity index (χ1v) is 3.85. The van der Waals surface area contributed by atoms with Crippen molar-refractivity contribution in [3.8, 4) is 0 Å². The summed E-state index contributed by atoms with van der Waals surface area (Å²) in [6, 6.07) is -0.446. The standard InChI is InChI=1S/C7H13N5O/c1-9-6(7(13)11-8)5-3-10-12(2)4-5/h3-4,6,9H,8H2,1-2H3,(H,11,13). The molecule has 1 atom stereocenters. The van der Waals surface area contributed by atoms with Crippen LogP contribution in [0.25, 0.3) is 0 Å². The number of likely N-dealkylation sites (N-methyl/N-ethyl adjacent to an activating group) is 1. The molecule has 72 valence electrons. The minimum Gasteiger partial charge on any atom is -0.305 e. The Balaban J connectivity index is 2.84. The molecular formula is C7H13N5O. The predicted octanol–water partition coefficient (Wildman–Crippen LogP) is -1.33. The Bertz CT molecular complexity index is 295. The summed E-state index contributed by atoms with van der Waals surface area (Å²) >= 11 is 0. The van der Waals surface area contributed by atoms with Crippen LogP contribution in [0.2, 0.25) is 0 Å². The third kappa shape index (κ3) is 2.04. The molecule has 0 saturated carbocycles. The smallest absolute Gasteiger partial charge is 0.255 e. The Hall–Kier alpha value is -1.40. The van der Waals surface area contributed by atoms with Crippen molar-refractivity contribution in [2.45, 2.75) is 6.04 Å². The highest BCUT2D eigenvalue weighted by Gasteiger charge is 2.18. The van der Waals surface area contributed by atoms with Gasteiger partial charge >= 0.3 is 0 Å². The van der Waals surface area contributed by atoms with Crippen LogP contribution >= 0.6 is 0 Å². The van der Waals surface area contributed by atoms with Crippen LogP contribution in [0.4, 0.5) is 0 Å². The van der Waals surface area contributed by atoms with Gasteiger partial charge in [-0.3, -0.25) is 14.9 Å². The molecule has 0 bridgehead atoms. The lowest BCUT2D eigenvalue weighted by molar-refractivity contribution is -0.123. The van der Waals surface area contributed by atoms with Crippen LogP contribution in [0, 0.1) is 0 Å². The SMILES string of the molecule is CNC(C(=O)NN)c1cnn(C)c1. The van der Waals surface area contributed by atoms with E-state index in [0.29, 0.717) is 0 Å². The highest BCUT2D eigenvalue weighted by Crippen LogP contribution is 2.10. The molecule has 1 heterocycles. The zero-order chi connectivity index (χ0) is 9.84. The lowest BCUT2D eigenvalue weighted by Crippen LogP contribution is -2.39. The average Bonchev–Trinajstić information content (AvgIpc) is 2.53. The molecule has 1 aromatic heterocycles. The third-order valence-corrected chi connectivity index (χ3v) is 1.75. The fourth-order valence-corrected chi connectivity index (χ4v) is 1.12. The van der Waals surface area contributed by atoms with E-state index in [1.807, 2.05) is 0 Å². The topological polar surface area (TPSA) is 85.0 Å². The van der Waals surface area contributed by atoms with Gasteiger partial charge in [0.1, 0.15) is 6.04 Å². The number of aryl methyl sites for hydroxylation is 1. The number of aromatic nitrogens is 2. The molecule has 4 N–H and O–H groups in total. The minimum atomic E-state index is -0.446. The van der Waals surface area contributed by atoms with E-state index in [1.165, 1.54) is 0 Å². The Labute approximate surface area is 76.1 Å². The summed E-state index contributed by atoms with van der Waals surface area (Å²) in [7, 11) is 3.48. The lowest BCUT2D eigenvalue weighted by atomic mass is 10.1. The summed E-state index contributed by atoms with van der Waals surface area (Å²) in [4.78, 5) is 11.2. The first-order chi connectivity index (χ1) is 6.19. The lowest BCUT2D eigenvalue weighted by Gasteiger charge is -2.11. The highest BCUT2D eigenvalue weighted by atomic mass is 16.2. The van der Waals surface area contributed by atoms with E-state index in [-0.39, 0.29) is 5.91 Å². The molecule has 0 spiro atoms. The highest BCUT2D eigenvalue weighted by molar-refractivity contribution is 5.82. The number of nitrogens with zero attached hydrogens (tertiary/aromatic N) is 2. The zero-order valence-electron chi connectivity index (χ0n) is 7.61. The largest absolute Gasteiger partial charge is 0.305 e. The van der Waals surface area contributed by atoms with Crippen LogP contribution in [-0.4, -0.2) is 22.7 Å². The van der Waals surface area contributed by atoms with E-state index in [2.05, 4.69) is 15.8 Å². The first-order valence-electron chi connectivity index (χ1n) is 3.85. The van der Waals surface area contributed by atoms with Crippen molar-refractivity contribution in [3.05, 3.63) is 18.0 Å². The Morgan fingerprint density at radius 3 is 2.85 bits per heavy atom. The minimum absolute atomic E-state index is 0.282. The van der Waals surface area contributed by atoms with Gasteiger partial charge in [-0.25, -0.2) is 5.84 Å². The van der Waals surface area contributed by atoms with E-state index in [0.717, 1.165) is 5.56 Å². The van der Waals surface area contributed by atoms with Crippen molar-refractivity contribution >= 4 is 5.91 Å². The van der Waals surface area contributed by atoms with Gasteiger partial charge in [0.05, 0.1) is 6.20 Å². The second-order valence-corrected chi connectivity index (χ2v) is 2.68. The van der Waals surface area contributed by atoms with Gasteiger partial charge in [-0.15, -0.1) is 0 Å². The van der Waals surface area contributed by atoms with E-state index in [4.69, 9.17) is 5.84 Å². The maximum Gasteiger partial charge on any atom is 0.255 e. The molecule has 1 rings (SSSR count). The van der Waals surface area contributed by atoms with Crippen LogP contribution in [0.5, 0.6) is 0 Å². The molecule has 13 heavy (non-hydrogen) atoms. The molecule has 0 saturated heterocycles. The van der Waals surface area contributed by atoms with Crippen LogP contribution in [0.15, 0.2) is 12.4 Å². The van der Waals surface area contributed by atoms with Crippen molar-refractivity contribution in [3.63, 3.8) is 0 Å². The van der Waals surface area contributed by atoms with Crippen molar-refractivity contribution in [1.82, 2.24) is 20.5 Å². The molecule has 6 heteroatoms. The normalized spacial score (nSPS) is 12.5. The van der Waals surface area contributed by atoms with Gasteiger partial charge in [-0.1, -0.05) is 0 Å². The van der Waals surface area contributed by atoms with E-state index in [1.54, 1.807) is 31.2 Å². The van der Waals surface area contributed by atoms with Crippen LogP contribution < -0.4 is 16.6 Å². The fraction of sp³-hybridized carbons (Fsp3) is 0.429. The molecule has 0 aromatic carbocycles. The van der Waals surface area contributed by atoms with Crippen molar-refractivity contribution in [1.29, 1.82) is 0 Å². The maximum atomic E-state index is 11.2. The monoisotopic (exact) mass is 183 g/mol. The van der Waals surface area contributed by atoms with E-state index >= 15 is 0 Å². The van der Waals surface area contributed by atoms with E-state index in [9.17, 15) is 4.79 Å². The van der Waals surface area contributed by atoms with Crippen molar-refractivity contribution < 1.29 is 4.79 Å². The molecule has 0 fully saturated rings. The van der Waals surface area contributed by atoms with Gasteiger partial charge in [-0.05, 0) is 7.05 Å². The summed E-state index contributed by atoms with van der Waals surface area (Å²) in [6.07, 6.45) is 3.38. The Morgan fingerprint density at radius 2 is 2.46 bits per heavy atom. The summed E-state index contributed by atoms with van der Waals surface area (Å²) in [5, 5.41) is 6.80. The van der Waals surface area contributed by atoms with E-state index < -0.39 is 6.04 Å². The number of amides is 1. The molecule has 1 unspecified atom stereocenters. The van der Waals surface area contributed by atoms with Gasteiger partial charge in [0.25, 0.3) is 5.91 Å². The molecule has 1 aromatic rings. The maximum absolute atomic E-state index is 11.2. The van der Waals surface area contributed by atoms with Crippen LogP contribution in [0.3, 0.4) is 0 Å². The number of hydrazine groups is 1. The van der Waals surface area contributed by atoms with Crippen molar-refractivity contribution in [2.75, 3.05) is 7.05 Å². The predicted molar refractivity (Wildman–Crippen MR) is 47.3 cm³/mol. The molecule has 6 nitrogen and oxygen atoms in total. The summed E-state index contributed by atoms with van der Waals surface area (Å²) in [5.74, 6) is 4.74. The third-order valence-electron chi connectivity index (χ3n) is 1.75. The molecule has 0 radical (unpaired) electrons. The van der Waals surface area contributed by atoms with Gasteiger partial charge in [-0.2, -0.15) is 5.10 Å². The fourth-order valence-electron chi connectivity index (χ4n) is 1.12. The number of carbonyl (C=O) groups is 1. The summed E-state index contributed by atoms with van der Waals surface area (Å²) in [6.45, 7) is 0. The molecule has 0 aliphatic heterocycles. The summed E-state index contributed by atoms with van der Waals surface area (Å²) in [5.41, 5.74) is 2.87. The average molecular weight is 183 g/mol. The quantitative estimate of drug-likeness (QED) is 0.308. The second-order valence-electron chi connectivity index (χ2n) is 2.68. The zero-order valence-corrected chi connectivity index (χ0v) is 7.61. The molecule has 0 aliphatic rings. The Morgan fingerprint density at radius 1 is 1.77 bits per heavy atom. The second kappa shape index (κ2) is 4.01. The van der Waals surface area contributed by atoms with Crippen molar-refractivity contribution in [2.24, 2.45) is 12.9 Å². The number of carbonyl (C=O) groups excluding carboxylic acids is 1. The summed E-state index contributed by atoms with van der Waals surface area (Å²) < 4.78 is 1.63. The number of nitrogens with two attached hydrogens (primary N) is 1. The first kappa shape index (κ1) is 9.69. The molecular weight excluding hydrogens is 170 g/mol. The van der Waals surface area contributed by atoms with Gasteiger partial charge in [0.2, 0.25) is 0 Å². The molecule has 1 amide bonds. The van der Waals surface area contributed by atoms with Gasteiger partial charge < -0.3 is 5.32 Å². The van der Waals surface area contributed by atoms with Gasteiger partial charge in [0, 0.05) is 18.8 Å². The molecule has 0 aliphatic carbocycles. The number of rotatable bonds is 3. The number of hydrogen-bond acceptors (Lipinski definition) is 4. The van der Waals surface area contributed by atoms with Crippen LogP contribution in [0.1, 0.15) is 11.6 Å². The van der Waals surface area contributed by atoms with Crippen LogP contribution in [-0.2, 0) is 11.8 Å². The van der Waals surface area contributed by atoms with Gasteiger partial charge in [0.15, 0.2) is 0 Å². The number of nitrogens with one attached hydrogen (secondary N) is 2. The Kier molecular flexibility index (Phi) is 2.99. The number of hydrogen-bond donors (Lipinski definition) is 3.